The van der Waals surface area contributed by atoms with Gasteiger partial charge in [0.15, 0.2) is 5.82 Å². The number of nitro groups is 1. The van der Waals surface area contributed by atoms with Crippen LogP contribution in [0.25, 0.3) is 0 Å². The van der Waals surface area contributed by atoms with E-state index >= 15 is 0 Å². The molecule has 0 fully saturated rings. The van der Waals surface area contributed by atoms with Crippen LogP contribution in [0.5, 0.6) is 0 Å². The number of esters is 2. The molecular weight excluding hydrogens is 687 g/mol. The Balaban J connectivity index is 0.000000271. The third-order valence-electron chi connectivity index (χ3n) is 6.23. The number of nitrogens with two attached hydrogens (primary N) is 1. The van der Waals surface area contributed by atoms with E-state index in [-0.39, 0.29) is 40.4 Å². The summed E-state index contributed by atoms with van der Waals surface area (Å²) in [5, 5.41) is 17.0. The Labute approximate surface area is 300 Å². The fourth-order valence-electron chi connectivity index (χ4n) is 4.11. The molecule has 2 heterocycles. The van der Waals surface area contributed by atoms with Crippen molar-refractivity contribution < 1.29 is 24.0 Å². The lowest BCUT2D eigenvalue weighted by Crippen LogP contribution is -2.24. The summed E-state index contributed by atoms with van der Waals surface area (Å²) in [7, 11) is 0. The molecule has 0 amide bonds. The maximum absolute atomic E-state index is 11.7. The van der Waals surface area contributed by atoms with Gasteiger partial charge in [0.2, 0.25) is 16.4 Å². The van der Waals surface area contributed by atoms with Crippen LogP contribution in [-0.2, 0) is 31.9 Å². The van der Waals surface area contributed by atoms with Gasteiger partial charge in [0, 0.05) is 24.2 Å². The Kier molecular flexibility index (Phi) is 13.8. The van der Waals surface area contributed by atoms with Crippen LogP contribution in [0, 0.1) is 10.1 Å². The number of anilines is 5. The molecule has 0 bridgehead atoms. The lowest BCUT2D eigenvalue weighted by Gasteiger charge is -2.19. The van der Waals surface area contributed by atoms with Gasteiger partial charge in [-0.05, 0) is 113 Å². The van der Waals surface area contributed by atoms with Crippen LogP contribution >= 0.6 is 23.2 Å². The molecule has 0 saturated heterocycles. The molecule has 0 spiro atoms. The summed E-state index contributed by atoms with van der Waals surface area (Å²) < 4.78 is 10.6. The Hall–Kier alpha value is -5.08. The second-order valence-electron chi connectivity index (χ2n) is 12.9. The van der Waals surface area contributed by atoms with E-state index in [1.807, 2.05) is 77.9 Å². The van der Waals surface area contributed by atoms with Crippen LogP contribution in [0.15, 0.2) is 60.9 Å². The number of carbonyl (C=O) groups is 2. The van der Waals surface area contributed by atoms with Gasteiger partial charge in [-0.15, -0.1) is 0 Å². The molecule has 2 aromatic carbocycles. The highest BCUT2D eigenvalue weighted by Gasteiger charge is 2.18. The van der Waals surface area contributed by atoms with E-state index in [1.165, 1.54) is 6.20 Å². The van der Waals surface area contributed by atoms with Gasteiger partial charge in [-0.1, -0.05) is 24.3 Å². The first-order valence-corrected chi connectivity index (χ1v) is 16.2. The second-order valence-corrected chi connectivity index (χ2v) is 13.6. The fourth-order valence-corrected chi connectivity index (χ4v) is 4.38. The van der Waals surface area contributed by atoms with E-state index in [4.69, 9.17) is 38.4 Å². The quantitative estimate of drug-likeness (QED) is 0.0586. The van der Waals surface area contributed by atoms with Gasteiger partial charge in [0.05, 0.1) is 16.8 Å². The Bertz CT molecular complexity index is 1780. The number of rotatable bonds is 11. The first-order chi connectivity index (χ1) is 23.4. The second kappa shape index (κ2) is 17.5. The van der Waals surface area contributed by atoms with E-state index in [0.717, 1.165) is 23.0 Å². The Morgan fingerprint density at radius 1 is 0.740 bits per heavy atom. The average molecular weight is 728 g/mol. The number of hydrogen-bond donors (Lipinski definition) is 3. The fraction of sp³-hybridized carbons (Fsp3) is 0.353. The van der Waals surface area contributed by atoms with Crippen molar-refractivity contribution in [2.75, 3.05) is 16.4 Å². The Morgan fingerprint density at radius 3 is 1.56 bits per heavy atom. The summed E-state index contributed by atoms with van der Waals surface area (Å²) >= 11 is 11.5. The van der Waals surface area contributed by atoms with E-state index in [1.54, 1.807) is 12.1 Å². The van der Waals surface area contributed by atoms with Gasteiger partial charge >= 0.3 is 17.6 Å². The van der Waals surface area contributed by atoms with Crippen LogP contribution < -0.4 is 16.4 Å². The Morgan fingerprint density at radius 2 is 1.14 bits per heavy atom. The van der Waals surface area contributed by atoms with Crippen molar-refractivity contribution in [2.24, 2.45) is 0 Å². The van der Waals surface area contributed by atoms with Crippen LogP contribution in [0.4, 0.5) is 34.4 Å². The third kappa shape index (κ3) is 14.2. The largest absolute Gasteiger partial charge is 0.460 e. The summed E-state index contributed by atoms with van der Waals surface area (Å²) in [5.41, 5.74) is 8.38. The van der Waals surface area contributed by atoms with E-state index in [9.17, 15) is 19.7 Å². The molecule has 14 nitrogen and oxygen atoms in total. The van der Waals surface area contributed by atoms with Gasteiger partial charge in [0.25, 0.3) is 0 Å². The van der Waals surface area contributed by atoms with Crippen LogP contribution in [-0.4, -0.2) is 48.0 Å². The van der Waals surface area contributed by atoms with Crippen molar-refractivity contribution in [3.8, 4) is 0 Å². The van der Waals surface area contributed by atoms with Crippen molar-refractivity contribution in [1.29, 1.82) is 0 Å². The highest BCUT2D eigenvalue weighted by molar-refractivity contribution is 6.28. The van der Waals surface area contributed by atoms with Crippen molar-refractivity contribution in [1.82, 2.24) is 19.9 Å². The van der Waals surface area contributed by atoms with Crippen molar-refractivity contribution >= 4 is 69.5 Å². The zero-order chi connectivity index (χ0) is 37.1. The zero-order valence-corrected chi connectivity index (χ0v) is 30.1. The van der Waals surface area contributed by atoms with Crippen molar-refractivity contribution in [3.63, 3.8) is 0 Å². The van der Waals surface area contributed by atoms with Crippen molar-refractivity contribution in [3.05, 3.63) is 92.7 Å². The van der Waals surface area contributed by atoms with Crippen LogP contribution in [0.3, 0.4) is 0 Å². The molecule has 0 radical (unpaired) electrons. The van der Waals surface area contributed by atoms with Gasteiger partial charge in [-0.25, -0.2) is 9.97 Å². The first-order valence-electron chi connectivity index (χ1n) is 15.5. The zero-order valence-electron chi connectivity index (χ0n) is 28.6. The number of nitrogens with zero attached hydrogens (tertiary/aromatic N) is 5. The number of aryl methyl sites for hydroxylation is 2. The predicted molar refractivity (Wildman–Crippen MR) is 193 cm³/mol. The molecule has 0 saturated carbocycles. The van der Waals surface area contributed by atoms with Crippen molar-refractivity contribution in [2.45, 2.75) is 78.4 Å². The molecule has 16 heteroatoms. The summed E-state index contributed by atoms with van der Waals surface area (Å²) in [6, 6.07) is 14.8. The topological polar surface area (TPSA) is 197 Å². The highest BCUT2D eigenvalue weighted by Crippen LogP contribution is 2.26. The number of ether oxygens (including phenoxy) is 2. The molecular formula is C34H40Cl2N8O6. The lowest BCUT2D eigenvalue weighted by molar-refractivity contribution is -0.384. The maximum Gasteiger partial charge on any atom is 0.329 e. The van der Waals surface area contributed by atoms with E-state index in [2.05, 4.69) is 30.6 Å². The molecule has 0 unspecified atom stereocenters. The molecule has 0 atom stereocenters. The number of benzene rings is 2. The normalized spacial score (nSPS) is 11.1. The molecule has 4 aromatic rings. The van der Waals surface area contributed by atoms with Gasteiger partial charge in [-0.3, -0.25) is 19.7 Å². The molecule has 0 aliphatic carbocycles. The first kappa shape index (κ1) is 39.4. The minimum absolute atomic E-state index is 0.0107. The highest BCUT2D eigenvalue weighted by atomic mass is 35.5. The van der Waals surface area contributed by atoms with E-state index < -0.39 is 16.1 Å². The lowest BCUT2D eigenvalue weighted by atomic mass is 10.1. The molecule has 4 N–H and O–H groups in total. The van der Waals surface area contributed by atoms with Crippen LogP contribution in [0.2, 0.25) is 10.6 Å². The molecule has 2 aromatic heterocycles. The summed E-state index contributed by atoms with van der Waals surface area (Å²) in [6.45, 7) is 11.0. The summed E-state index contributed by atoms with van der Waals surface area (Å²) in [6.07, 6.45) is 4.28. The van der Waals surface area contributed by atoms with Crippen LogP contribution in [0.1, 0.15) is 65.5 Å². The minimum Gasteiger partial charge on any atom is -0.460 e. The number of carbonyl (C=O) groups excluding carboxylic acids is 2. The average Bonchev–Trinajstić information content (AvgIpc) is 3.01. The van der Waals surface area contributed by atoms with Gasteiger partial charge in [-0.2, -0.15) is 9.97 Å². The monoisotopic (exact) mass is 726 g/mol. The molecule has 0 aliphatic heterocycles. The molecule has 0 aliphatic rings. The molecule has 50 heavy (non-hydrogen) atoms. The minimum atomic E-state index is -0.589. The number of nitrogen functional groups attached to an aromatic ring is 1. The SMILES string of the molecule is CC(C)(C)OC(=O)CCc1ccc(Nc2nc(Cl)ncc2N)cc1.CC(C)(C)OC(=O)CCc1ccc(Nc2nc(Cl)ncc2[N+](=O)[O-])cc1. The third-order valence-corrected chi connectivity index (χ3v) is 6.60. The standard InChI is InChI=1S/C17H19ClN4O4.C17H21ClN4O2/c1-17(2,3)26-14(23)9-6-11-4-7-12(8-5-11)20-15-13(22(24)25)10-19-16(18)21-15;1-17(2,3)24-14(23)9-6-11-4-7-12(8-5-11)21-15-13(19)10-20-16(18)22-15/h4-5,7-8,10H,6,9H2,1-3H3,(H,19,20,21);4-5,7-8,10H,6,9,19H2,1-3H3,(H,20,21,22). The predicted octanol–water partition coefficient (Wildman–Crippen LogP) is 7.79. The number of halogens is 2. The number of nitrogens with one attached hydrogen (secondary N) is 2. The molecule has 4 rings (SSSR count). The molecule has 266 valence electrons. The summed E-state index contributed by atoms with van der Waals surface area (Å²) in [5.74, 6) is 0.00654. The van der Waals surface area contributed by atoms with Gasteiger partial charge < -0.3 is 25.8 Å². The smallest absolute Gasteiger partial charge is 0.329 e. The summed E-state index contributed by atoms with van der Waals surface area (Å²) in [4.78, 5) is 49.2. The maximum atomic E-state index is 11.7. The number of aromatic nitrogens is 4. The number of hydrogen-bond acceptors (Lipinski definition) is 13. The van der Waals surface area contributed by atoms with E-state index in [0.29, 0.717) is 36.5 Å². The van der Waals surface area contributed by atoms with Gasteiger partial charge in [0.1, 0.15) is 17.4 Å².